The number of nitro benzene ring substituents is 1. The highest BCUT2D eigenvalue weighted by molar-refractivity contribution is 6.32. The van der Waals surface area contributed by atoms with Crippen LogP contribution in [0.3, 0.4) is 0 Å². The van der Waals surface area contributed by atoms with Crippen LogP contribution < -0.4 is 5.32 Å². The molecule has 0 radical (unpaired) electrons. The highest BCUT2D eigenvalue weighted by Gasteiger charge is 2.15. The monoisotopic (exact) mass is 330 g/mol. The van der Waals surface area contributed by atoms with Gasteiger partial charge in [-0.1, -0.05) is 29.8 Å². The number of benzene rings is 2. The van der Waals surface area contributed by atoms with Crippen LogP contribution in [0.15, 0.2) is 52.9 Å². The van der Waals surface area contributed by atoms with E-state index in [9.17, 15) is 14.9 Å². The number of fused-ring (bicyclic) bond motifs is 1. The van der Waals surface area contributed by atoms with E-state index < -0.39 is 4.92 Å². The van der Waals surface area contributed by atoms with Gasteiger partial charge in [0.2, 0.25) is 5.78 Å². The van der Waals surface area contributed by atoms with Crippen molar-refractivity contribution in [3.8, 4) is 0 Å². The Balaban J connectivity index is 1.74. The van der Waals surface area contributed by atoms with Crippen LogP contribution >= 0.6 is 11.6 Å². The van der Waals surface area contributed by atoms with Crippen molar-refractivity contribution < 1.29 is 14.1 Å². The molecular weight excluding hydrogens is 320 g/mol. The van der Waals surface area contributed by atoms with Crippen LogP contribution in [0.25, 0.3) is 11.0 Å². The maximum atomic E-state index is 12.2. The molecule has 0 spiro atoms. The first-order valence-electron chi connectivity index (χ1n) is 6.74. The highest BCUT2D eigenvalue weighted by atomic mass is 35.5. The summed E-state index contributed by atoms with van der Waals surface area (Å²) in [6, 6.07) is 13.3. The molecule has 0 atom stereocenters. The topological polar surface area (TPSA) is 85.4 Å². The summed E-state index contributed by atoms with van der Waals surface area (Å²) in [6.07, 6.45) is 0. The first kappa shape index (κ1) is 15.1. The molecule has 116 valence electrons. The lowest BCUT2D eigenvalue weighted by Crippen LogP contribution is -2.13. The Labute approximate surface area is 135 Å². The van der Waals surface area contributed by atoms with Gasteiger partial charge in [0.1, 0.15) is 10.6 Å². The summed E-state index contributed by atoms with van der Waals surface area (Å²) in [4.78, 5) is 22.4. The number of carbonyl (C=O) groups excluding carboxylic acids is 1. The van der Waals surface area contributed by atoms with Crippen molar-refractivity contribution in [1.29, 1.82) is 0 Å². The zero-order valence-electron chi connectivity index (χ0n) is 11.8. The van der Waals surface area contributed by atoms with E-state index in [1.807, 2.05) is 18.2 Å². The molecule has 3 rings (SSSR count). The number of furan rings is 1. The Morgan fingerprint density at radius 3 is 2.74 bits per heavy atom. The summed E-state index contributed by atoms with van der Waals surface area (Å²) in [6.45, 7) is -0.0430. The smallest absolute Gasteiger partial charge is 0.289 e. The van der Waals surface area contributed by atoms with Crippen molar-refractivity contribution in [2.75, 3.05) is 11.9 Å². The molecule has 23 heavy (non-hydrogen) atoms. The van der Waals surface area contributed by atoms with Gasteiger partial charge in [0.25, 0.3) is 5.69 Å². The molecule has 0 amide bonds. The maximum Gasteiger partial charge on any atom is 0.289 e. The van der Waals surface area contributed by atoms with Crippen molar-refractivity contribution in [3.63, 3.8) is 0 Å². The molecular formula is C16H11ClN2O4. The molecule has 1 N–H and O–H groups in total. The molecule has 2 aromatic carbocycles. The van der Waals surface area contributed by atoms with E-state index in [2.05, 4.69) is 5.32 Å². The predicted molar refractivity (Wildman–Crippen MR) is 87.1 cm³/mol. The second-order valence-corrected chi connectivity index (χ2v) is 5.26. The van der Waals surface area contributed by atoms with E-state index in [0.717, 1.165) is 5.39 Å². The SMILES string of the molecule is O=C(CNc1ccc(Cl)c([N+](=O)[O-])c1)c1cc2ccccc2o1. The molecule has 3 aromatic rings. The van der Waals surface area contributed by atoms with Crippen LogP contribution in [0.2, 0.25) is 5.02 Å². The number of rotatable bonds is 5. The molecule has 6 nitrogen and oxygen atoms in total. The Morgan fingerprint density at radius 1 is 1.22 bits per heavy atom. The fourth-order valence-corrected chi connectivity index (χ4v) is 2.34. The summed E-state index contributed by atoms with van der Waals surface area (Å²) >= 11 is 5.74. The lowest BCUT2D eigenvalue weighted by Gasteiger charge is -2.05. The van der Waals surface area contributed by atoms with Crippen LogP contribution in [-0.2, 0) is 0 Å². The van der Waals surface area contributed by atoms with E-state index in [-0.39, 0.29) is 28.8 Å². The minimum Gasteiger partial charge on any atom is -0.453 e. The number of anilines is 1. The summed E-state index contributed by atoms with van der Waals surface area (Å²) in [5.41, 5.74) is 0.858. The minimum absolute atomic E-state index is 0.0430. The average Bonchev–Trinajstić information content (AvgIpc) is 2.97. The van der Waals surface area contributed by atoms with Crippen LogP contribution in [0.4, 0.5) is 11.4 Å². The van der Waals surface area contributed by atoms with Crippen LogP contribution in [0, 0.1) is 10.1 Å². The van der Waals surface area contributed by atoms with Crippen LogP contribution in [-0.4, -0.2) is 17.3 Å². The number of ketones is 1. The van der Waals surface area contributed by atoms with Crippen molar-refractivity contribution in [3.05, 3.63) is 69.4 Å². The van der Waals surface area contributed by atoms with Gasteiger partial charge in [0.05, 0.1) is 11.5 Å². The van der Waals surface area contributed by atoms with E-state index in [4.69, 9.17) is 16.0 Å². The number of nitrogens with one attached hydrogen (secondary N) is 1. The summed E-state index contributed by atoms with van der Waals surface area (Å²) in [5, 5.41) is 14.6. The first-order valence-corrected chi connectivity index (χ1v) is 7.12. The van der Waals surface area contributed by atoms with Gasteiger partial charge in [-0.3, -0.25) is 14.9 Å². The maximum absolute atomic E-state index is 12.2. The van der Waals surface area contributed by atoms with Crippen molar-refractivity contribution >= 4 is 39.7 Å². The molecule has 0 unspecified atom stereocenters. The highest BCUT2D eigenvalue weighted by Crippen LogP contribution is 2.27. The minimum atomic E-state index is -0.575. The number of hydrogen-bond acceptors (Lipinski definition) is 5. The number of nitro groups is 1. The number of Topliss-reactive ketones (excluding diaryl/α,β-unsaturated/α-hetero) is 1. The zero-order chi connectivity index (χ0) is 16.4. The fraction of sp³-hybridized carbons (Fsp3) is 0.0625. The van der Waals surface area contributed by atoms with E-state index >= 15 is 0 Å². The summed E-state index contributed by atoms with van der Waals surface area (Å²) in [7, 11) is 0. The third kappa shape index (κ3) is 3.17. The molecule has 0 aliphatic carbocycles. The van der Waals surface area contributed by atoms with E-state index in [1.165, 1.54) is 12.1 Å². The first-order chi connectivity index (χ1) is 11.0. The number of para-hydroxylation sites is 1. The normalized spacial score (nSPS) is 10.7. The molecule has 0 saturated carbocycles. The zero-order valence-corrected chi connectivity index (χ0v) is 12.5. The molecule has 1 heterocycles. The van der Waals surface area contributed by atoms with Gasteiger partial charge >= 0.3 is 0 Å². The molecule has 0 aliphatic heterocycles. The molecule has 0 saturated heterocycles. The Morgan fingerprint density at radius 2 is 2.00 bits per heavy atom. The Hall–Kier alpha value is -2.86. The lowest BCUT2D eigenvalue weighted by molar-refractivity contribution is -0.384. The number of nitrogens with zero attached hydrogens (tertiary/aromatic N) is 1. The molecule has 7 heteroatoms. The van der Waals surface area contributed by atoms with Gasteiger partial charge in [0.15, 0.2) is 5.76 Å². The van der Waals surface area contributed by atoms with Crippen molar-refractivity contribution in [2.24, 2.45) is 0 Å². The largest absolute Gasteiger partial charge is 0.453 e. The van der Waals surface area contributed by atoms with Crippen molar-refractivity contribution in [2.45, 2.75) is 0 Å². The van der Waals surface area contributed by atoms with Crippen LogP contribution in [0.1, 0.15) is 10.6 Å². The standard InChI is InChI=1S/C16H11ClN2O4/c17-12-6-5-11(8-13(12)19(21)22)18-9-14(20)16-7-10-3-1-2-4-15(10)23-16/h1-8,18H,9H2. The number of halogens is 1. The van der Waals surface area contributed by atoms with Gasteiger partial charge in [0, 0.05) is 17.1 Å². The average molecular weight is 331 g/mol. The molecule has 1 aromatic heterocycles. The van der Waals surface area contributed by atoms with E-state index in [0.29, 0.717) is 11.3 Å². The lowest BCUT2D eigenvalue weighted by atomic mass is 10.2. The summed E-state index contributed by atoms with van der Waals surface area (Å²) < 4.78 is 5.48. The van der Waals surface area contributed by atoms with Crippen LogP contribution in [0.5, 0.6) is 0 Å². The van der Waals surface area contributed by atoms with Crippen molar-refractivity contribution in [1.82, 2.24) is 0 Å². The number of hydrogen-bond donors (Lipinski definition) is 1. The predicted octanol–water partition coefficient (Wildman–Crippen LogP) is 4.29. The van der Waals surface area contributed by atoms with Gasteiger partial charge in [-0.15, -0.1) is 0 Å². The second kappa shape index (κ2) is 6.10. The third-order valence-electron chi connectivity index (χ3n) is 3.30. The fourth-order valence-electron chi connectivity index (χ4n) is 2.15. The molecule has 0 fully saturated rings. The van der Waals surface area contributed by atoms with E-state index in [1.54, 1.807) is 18.2 Å². The number of carbonyl (C=O) groups is 1. The van der Waals surface area contributed by atoms with Gasteiger partial charge < -0.3 is 9.73 Å². The second-order valence-electron chi connectivity index (χ2n) is 4.85. The molecule has 0 aliphatic rings. The Kier molecular flexibility index (Phi) is 3.99. The molecule has 0 bridgehead atoms. The van der Waals surface area contributed by atoms with Gasteiger partial charge in [-0.2, -0.15) is 0 Å². The summed E-state index contributed by atoms with van der Waals surface area (Å²) in [5.74, 6) is -0.0130. The third-order valence-corrected chi connectivity index (χ3v) is 3.62. The quantitative estimate of drug-likeness (QED) is 0.428. The van der Waals surface area contributed by atoms with Gasteiger partial charge in [-0.05, 0) is 24.3 Å². The van der Waals surface area contributed by atoms with Gasteiger partial charge in [-0.25, -0.2) is 0 Å². The Bertz CT molecular complexity index is 871.